The number of aryl methyl sites for hydroxylation is 2. The molecule has 0 aliphatic rings. The Bertz CT molecular complexity index is 1210. The number of aromatic nitrogens is 4. The van der Waals surface area contributed by atoms with Gasteiger partial charge in [-0.25, -0.2) is 0 Å². The van der Waals surface area contributed by atoms with Crippen molar-refractivity contribution in [3.63, 3.8) is 0 Å². The molecule has 160 valence electrons. The minimum Gasteiger partial charge on any atom is -0.276 e. The Labute approximate surface area is 202 Å². The van der Waals surface area contributed by atoms with Crippen LogP contribution in [0.1, 0.15) is 11.4 Å². The van der Waals surface area contributed by atoms with Crippen LogP contribution in [-0.4, -0.2) is 19.6 Å². The van der Waals surface area contributed by atoms with Gasteiger partial charge in [-0.1, -0.05) is 18.2 Å². The molecule has 5 nitrogen and oxygen atoms in total. The molecule has 2 aromatic heterocycles. The predicted molar refractivity (Wildman–Crippen MR) is 123 cm³/mol. The van der Waals surface area contributed by atoms with Crippen molar-refractivity contribution in [1.82, 2.24) is 19.6 Å². The second kappa shape index (κ2) is 9.37. The normalized spacial score (nSPS) is 10.6. The van der Waals surface area contributed by atoms with Crippen molar-refractivity contribution in [2.24, 2.45) is 0 Å². The SMILES string of the molecule is Cc1cc(N(c2ccccc2)c2cc(C)n(-c3[c-]cccc3)n2)nn1-c1[c-]cccc1.[Pt+2]. The monoisotopic (exact) mass is 598 g/mol. The van der Waals surface area contributed by atoms with Crippen molar-refractivity contribution in [3.8, 4) is 11.4 Å². The van der Waals surface area contributed by atoms with E-state index in [1.807, 2.05) is 89.9 Å². The smallest absolute Gasteiger partial charge is 0.276 e. The van der Waals surface area contributed by atoms with E-state index in [4.69, 9.17) is 10.2 Å². The van der Waals surface area contributed by atoms with E-state index < -0.39 is 0 Å². The summed E-state index contributed by atoms with van der Waals surface area (Å²) in [7, 11) is 0. The van der Waals surface area contributed by atoms with Gasteiger partial charge in [-0.15, -0.1) is 12.1 Å². The zero-order chi connectivity index (χ0) is 21.2. The Morgan fingerprint density at radius 3 is 1.56 bits per heavy atom. The Morgan fingerprint density at radius 1 is 0.656 bits per heavy atom. The molecule has 32 heavy (non-hydrogen) atoms. The summed E-state index contributed by atoms with van der Waals surface area (Å²) in [5.41, 5.74) is 4.84. The van der Waals surface area contributed by atoms with Crippen molar-refractivity contribution >= 4 is 17.3 Å². The van der Waals surface area contributed by atoms with Gasteiger partial charge in [0.25, 0.3) is 0 Å². The first-order valence-electron chi connectivity index (χ1n) is 10.1. The first-order chi connectivity index (χ1) is 15.2. The maximum absolute atomic E-state index is 4.90. The van der Waals surface area contributed by atoms with Crippen molar-refractivity contribution < 1.29 is 21.1 Å². The maximum Gasteiger partial charge on any atom is 2.00 e. The van der Waals surface area contributed by atoms with E-state index in [2.05, 4.69) is 41.3 Å². The van der Waals surface area contributed by atoms with E-state index >= 15 is 0 Å². The third-order valence-electron chi connectivity index (χ3n) is 5.06. The Kier molecular flexibility index (Phi) is 6.38. The average molecular weight is 599 g/mol. The summed E-state index contributed by atoms with van der Waals surface area (Å²) in [6.07, 6.45) is 0. The molecule has 0 N–H and O–H groups in total. The number of hydrogen-bond acceptors (Lipinski definition) is 3. The van der Waals surface area contributed by atoms with Crippen molar-refractivity contribution in [2.75, 3.05) is 4.90 Å². The maximum atomic E-state index is 4.90. The van der Waals surface area contributed by atoms with Crippen LogP contribution >= 0.6 is 0 Å². The zero-order valence-electron chi connectivity index (χ0n) is 17.7. The van der Waals surface area contributed by atoms with Gasteiger partial charge in [0, 0.05) is 29.2 Å². The van der Waals surface area contributed by atoms with Crippen LogP contribution in [-0.2, 0) is 21.1 Å². The van der Waals surface area contributed by atoms with E-state index in [-0.39, 0.29) is 21.1 Å². The summed E-state index contributed by atoms with van der Waals surface area (Å²) in [6, 6.07) is 36.5. The summed E-state index contributed by atoms with van der Waals surface area (Å²) in [6.45, 7) is 4.09. The molecular formula is C26H21N5Pt. The Balaban J connectivity index is 0.00000245. The number of anilines is 3. The minimum atomic E-state index is 0. The van der Waals surface area contributed by atoms with E-state index in [9.17, 15) is 0 Å². The molecule has 0 radical (unpaired) electrons. The molecule has 0 fully saturated rings. The standard InChI is InChI=1S/C26H21N5.Pt/c1-20-18-25(27-30(20)23-14-8-4-9-15-23)29(22-12-6-3-7-13-22)26-19-21(2)31(28-26)24-16-10-5-11-17-24;/h3-14,16,18-19H,1-2H3;/q-2;+2. The van der Waals surface area contributed by atoms with E-state index in [0.29, 0.717) is 0 Å². The van der Waals surface area contributed by atoms with Gasteiger partial charge >= 0.3 is 21.1 Å². The van der Waals surface area contributed by atoms with E-state index in [1.165, 1.54) is 0 Å². The molecule has 0 aliphatic carbocycles. The molecule has 0 unspecified atom stereocenters. The van der Waals surface area contributed by atoms with Crippen LogP contribution in [0.15, 0.2) is 91.0 Å². The molecule has 0 atom stereocenters. The first-order valence-corrected chi connectivity index (χ1v) is 10.1. The molecule has 0 aliphatic heterocycles. The van der Waals surface area contributed by atoms with Crippen LogP contribution in [0.25, 0.3) is 11.4 Å². The fraction of sp³-hybridized carbons (Fsp3) is 0.0769. The topological polar surface area (TPSA) is 38.9 Å². The third kappa shape index (κ3) is 4.17. The van der Waals surface area contributed by atoms with Crippen molar-refractivity contribution in [1.29, 1.82) is 0 Å². The van der Waals surface area contributed by atoms with Gasteiger partial charge in [0.1, 0.15) is 0 Å². The third-order valence-corrected chi connectivity index (χ3v) is 5.06. The van der Waals surface area contributed by atoms with Crippen LogP contribution < -0.4 is 4.90 Å². The van der Waals surface area contributed by atoms with Gasteiger partial charge in [-0.3, -0.25) is 14.3 Å². The Hall–Kier alpha value is -3.43. The summed E-state index contributed by atoms with van der Waals surface area (Å²) < 4.78 is 3.81. The molecule has 6 heteroatoms. The zero-order valence-corrected chi connectivity index (χ0v) is 20.0. The quantitative estimate of drug-likeness (QED) is 0.242. The van der Waals surface area contributed by atoms with Crippen LogP contribution in [0.3, 0.4) is 0 Å². The van der Waals surface area contributed by atoms with Gasteiger partial charge in [-0.2, -0.15) is 58.7 Å². The summed E-state index contributed by atoms with van der Waals surface area (Å²) in [4.78, 5) is 2.07. The van der Waals surface area contributed by atoms with Crippen molar-refractivity contribution in [2.45, 2.75) is 13.8 Å². The number of rotatable bonds is 5. The van der Waals surface area contributed by atoms with Gasteiger partial charge in [0.05, 0.1) is 0 Å². The molecule has 0 bridgehead atoms. The molecule has 0 saturated heterocycles. The van der Waals surface area contributed by atoms with E-state index in [0.717, 1.165) is 40.1 Å². The Morgan fingerprint density at radius 2 is 1.12 bits per heavy atom. The number of hydrogen-bond donors (Lipinski definition) is 0. The van der Waals surface area contributed by atoms with Gasteiger partial charge < -0.3 is 0 Å². The van der Waals surface area contributed by atoms with Crippen LogP contribution in [0.2, 0.25) is 0 Å². The summed E-state index contributed by atoms with van der Waals surface area (Å²) >= 11 is 0. The van der Waals surface area contributed by atoms with Gasteiger partial charge in [-0.05, 0) is 37.4 Å². The van der Waals surface area contributed by atoms with Crippen LogP contribution in [0, 0.1) is 26.0 Å². The molecule has 0 spiro atoms. The van der Waals surface area contributed by atoms with Gasteiger partial charge in [0.15, 0.2) is 11.6 Å². The van der Waals surface area contributed by atoms with Gasteiger partial charge in [0.2, 0.25) is 0 Å². The molecule has 0 saturated carbocycles. The molecule has 0 amide bonds. The fourth-order valence-electron chi connectivity index (χ4n) is 3.61. The first kappa shape index (κ1) is 21.8. The minimum absolute atomic E-state index is 0. The molecule has 2 heterocycles. The van der Waals surface area contributed by atoms with E-state index in [1.54, 1.807) is 0 Å². The summed E-state index contributed by atoms with van der Waals surface area (Å²) in [5.74, 6) is 1.59. The molecule has 3 aromatic carbocycles. The van der Waals surface area contributed by atoms with Crippen molar-refractivity contribution in [3.05, 3.63) is 115 Å². The number of nitrogens with zero attached hydrogens (tertiary/aromatic N) is 5. The van der Waals surface area contributed by atoms with Crippen LogP contribution in [0.4, 0.5) is 17.3 Å². The summed E-state index contributed by atoms with van der Waals surface area (Å²) in [5, 5.41) is 9.80. The average Bonchev–Trinajstić information content (AvgIpc) is 3.38. The predicted octanol–water partition coefficient (Wildman–Crippen LogP) is 5.74. The molecule has 5 aromatic rings. The second-order valence-electron chi connectivity index (χ2n) is 7.28. The number of benzene rings is 3. The van der Waals surface area contributed by atoms with Crippen LogP contribution in [0.5, 0.6) is 0 Å². The largest absolute Gasteiger partial charge is 2.00 e. The molecule has 5 rings (SSSR count). The number of para-hydroxylation sites is 3. The fourth-order valence-corrected chi connectivity index (χ4v) is 3.61. The molecular weight excluding hydrogens is 577 g/mol. The second-order valence-corrected chi connectivity index (χ2v) is 7.28.